The minimum atomic E-state index is -1.07. The molecule has 0 radical (unpaired) electrons. The van der Waals surface area contributed by atoms with Gasteiger partial charge in [0.25, 0.3) is 0 Å². The molecule has 3 heterocycles. The van der Waals surface area contributed by atoms with Crippen molar-refractivity contribution in [2.24, 2.45) is 0 Å². The van der Waals surface area contributed by atoms with Crippen molar-refractivity contribution in [3.63, 3.8) is 0 Å². The summed E-state index contributed by atoms with van der Waals surface area (Å²) in [6.07, 6.45) is -1.31. The van der Waals surface area contributed by atoms with Gasteiger partial charge >= 0.3 is 0 Å². The van der Waals surface area contributed by atoms with Crippen LogP contribution in [0.3, 0.4) is 0 Å². The maximum Gasteiger partial charge on any atom is 0.226 e. The maximum absolute atomic E-state index is 10.1. The predicted octanol–water partition coefficient (Wildman–Crippen LogP) is 2.10. The number of ether oxygens (including phenoxy) is 1. The monoisotopic (exact) mass is 439 g/mol. The molecular formula is C16H15BrClN5O3. The number of halogens is 2. The van der Waals surface area contributed by atoms with Crippen LogP contribution in [0.4, 0.5) is 5.82 Å². The Balaban J connectivity index is 1.66. The molecule has 0 bridgehead atoms. The number of hydrogen-bond donors (Lipinski definition) is 3. The second-order valence-corrected chi connectivity index (χ2v) is 7.18. The zero-order chi connectivity index (χ0) is 18.3. The Morgan fingerprint density at radius 2 is 2.19 bits per heavy atom. The number of fused-ring (bicyclic) bond motifs is 1. The molecule has 0 amide bonds. The third-order valence-corrected chi connectivity index (χ3v) is 4.80. The molecule has 1 aliphatic rings. The van der Waals surface area contributed by atoms with Gasteiger partial charge < -0.3 is 20.3 Å². The van der Waals surface area contributed by atoms with E-state index in [9.17, 15) is 10.2 Å². The number of imidazole rings is 1. The lowest BCUT2D eigenvalue weighted by molar-refractivity contribution is -0.0162. The predicted molar refractivity (Wildman–Crippen MR) is 98.8 cm³/mol. The van der Waals surface area contributed by atoms with E-state index >= 15 is 0 Å². The third-order valence-electron chi connectivity index (χ3n) is 4.14. The van der Waals surface area contributed by atoms with E-state index in [0.717, 1.165) is 10.0 Å². The zero-order valence-corrected chi connectivity index (χ0v) is 15.7. The van der Waals surface area contributed by atoms with Crippen molar-refractivity contribution in [2.45, 2.75) is 25.0 Å². The van der Waals surface area contributed by atoms with Crippen molar-refractivity contribution in [1.82, 2.24) is 19.5 Å². The molecule has 1 aromatic carbocycles. The smallest absolute Gasteiger partial charge is 0.226 e. The van der Waals surface area contributed by atoms with Gasteiger partial charge in [0, 0.05) is 11.0 Å². The van der Waals surface area contributed by atoms with Crippen molar-refractivity contribution >= 4 is 44.5 Å². The SMILES string of the molecule is OC1[C@H](n2cnc3c(NCc4cccc(Br)c4)nc(Cl)nc32)OC[C@@H]1O. The molecule has 3 atom stereocenters. The highest BCUT2D eigenvalue weighted by Gasteiger charge is 2.37. The molecule has 1 saturated heterocycles. The van der Waals surface area contributed by atoms with E-state index in [0.29, 0.717) is 23.5 Å². The molecule has 3 aromatic rings. The van der Waals surface area contributed by atoms with Crippen LogP contribution in [0.15, 0.2) is 35.1 Å². The molecule has 1 fully saturated rings. The zero-order valence-electron chi connectivity index (χ0n) is 13.4. The summed E-state index contributed by atoms with van der Waals surface area (Å²) < 4.78 is 7.98. The molecular weight excluding hydrogens is 426 g/mol. The molecule has 8 nitrogen and oxygen atoms in total. The van der Waals surface area contributed by atoms with Crippen LogP contribution in [0.2, 0.25) is 5.28 Å². The Bertz CT molecular complexity index is 953. The third kappa shape index (κ3) is 3.28. The van der Waals surface area contributed by atoms with Gasteiger partial charge in [-0.25, -0.2) is 4.98 Å². The van der Waals surface area contributed by atoms with Crippen LogP contribution < -0.4 is 5.32 Å². The fourth-order valence-corrected chi connectivity index (χ4v) is 3.47. The van der Waals surface area contributed by atoms with Crippen LogP contribution in [0.1, 0.15) is 11.8 Å². The van der Waals surface area contributed by atoms with E-state index in [2.05, 4.69) is 36.2 Å². The Morgan fingerprint density at radius 3 is 2.92 bits per heavy atom. The molecule has 1 aliphatic heterocycles. The lowest BCUT2D eigenvalue weighted by atomic mass is 10.2. The normalized spacial score (nSPS) is 22.8. The van der Waals surface area contributed by atoms with Gasteiger partial charge in [-0.05, 0) is 29.3 Å². The number of benzene rings is 1. The first kappa shape index (κ1) is 17.6. The number of aliphatic hydroxyl groups excluding tert-OH is 2. The minimum absolute atomic E-state index is 0.0400. The van der Waals surface area contributed by atoms with Crippen molar-refractivity contribution in [2.75, 3.05) is 11.9 Å². The second kappa shape index (κ2) is 7.09. The van der Waals surface area contributed by atoms with Gasteiger partial charge in [-0.1, -0.05) is 28.1 Å². The molecule has 0 saturated carbocycles. The first-order chi connectivity index (χ1) is 12.5. The summed E-state index contributed by atoms with van der Waals surface area (Å²) in [5, 5.41) is 23.0. The Labute approximate surface area is 161 Å². The molecule has 26 heavy (non-hydrogen) atoms. The highest BCUT2D eigenvalue weighted by molar-refractivity contribution is 9.10. The van der Waals surface area contributed by atoms with E-state index in [1.807, 2.05) is 24.3 Å². The van der Waals surface area contributed by atoms with Gasteiger partial charge in [0.05, 0.1) is 12.9 Å². The van der Waals surface area contributed by atoms with Crippen molar-refractivity contribution < 1.29 is 14.9 Å². The van der Waals surface area contributed by atoms with Gasteiger partial charge in [-0.15, -0.1) is 0 Å². The van der Waals surface area contributed by atoms with Crippen LogP contribution in [0.5, 0.6) is 0 Å². The van der Waals surface area contributed by atoms with Gasteiger partial charge in [-0.2, -0.15) is 9.97 Å². The van der Waals surface area contributed by atoms with Crippen LogP contribution in [0, 0.1) is 0 Å². The van der Waals surface area contributed by atoms with Gasteiger partial charge in [-0.3, -0.25) is 4.57 Å². The fourth-order valence-electron chi connectivity index (χ4n) is 2.86. The van der Waals surface area contributed by atoms with Crippen LogP contribution in [-0.2, 0) is 11.3 Å². The van der Waals surface area contributed by atoms with Crippen molar-refractivity contribution in [1.29, 1.82) is 0 Å². The fraction of sp³-hybridized carbons (Fsp3) is 0.312. The number of rotatable bonds is 4. The molecule has 136 valence electrons. The van der Waals surface area contributed by atoms with E-state index in [1.165, 1.54) is 6.33 Å². The summed E-state index contributed by atoms with van der Waals surface area (Å²) in [6.45, 7) is 0.564. The highest BCUT2D eigenvalue weighted by Crippen LogP contribution is 2.29. The summed E-state index contributed by atoms with van der Waals surface area (Å²) in [4.78, 5) is 12.7. The average molecular weight is 441 g/mol. The van der Waals surface area contributed by atoms with Crippen LogP contribution in [-0.4, -0.2) is 48.5 Å². The molecule has 1 unspecified atom stereocenters. The first-order valence-corrected chi connectivity index (χ1v) is 9.06. The molecule has 3 N–H and O–H groups in total. The quantitative estimate of drug-likeness (QED) is 0.534. The van der Waals surface area contributed by atoms with Gasteiger partial charge in [0.1, 0.15) is 12.2 Å². The summed E-state index contributed by atoms with van der Waals surface area (Å²) >= 11 is 9.51. The minimum Gasteiger partial charge on any atom is -0.388 e. The highest BCUT2D eigenvalue weighted by atomic mass is 79.9. The summed E-state index contributed by atoms with van der Waals surface area (Å²) in [7, 11) is 0. The van der Waals surface area contributed by atoms with Gasteiger partial charge in [0.15, 0.2) is 23.2 Å². The second-order valence-electron chi connectivity index (χ2n) is 5.93. The summed E-state index contributed by atoms with van der Waals surface area (Å²) in [5.41, 5.74) is 1.97. The summed E-state index contributed by atoms with van der Waals surface area (Å²) in [6, 6.07) is 7.88. The number of nitrogens with one attached hydrogen (secondary N) is 1. The number of nitrogens with zero attached hydrogens (tertiary/aromatic N) is 4. The van der Waals surface area contributed by atoms with Crippen molar-refractivity contribution in [3.05, 3.63) is 45.9 Å². The van der Waals surface area contributed by atoms with Crippen LogP contribution in [0.25, 0.3) is 11.2 Å². The largest absolute Gasteiger partial charge is 0.388 e. The Kier molecular flexibility index (Phi) is 4.80. The molecule has 10 heteroatoms. The van der Waals surface area contributed by atoms with E-state index < -0.39 is 18.4 Å². The topological polar surface area (TPSA) is 105 Å². The Morgan fingerprint density at radius 1 is 1.35 bits per heavy atom. The average Bonchev–Trinajstić information content (AvgIpc) is 3.17. The number of aliphatic hydroxyl groups is 2. The number of aromatic nitrogens is 4. The van der Waals surface area contributed by atoms with E-state index in [-0.39, 0.29) is 11.9 Å². The summed E-state index contributed by atoms with van der Waals surface area (Å²) in [5.74, 6) is 0.478. The maximum atomic E-state index is 10.1. The lowest BCUT2D eigenvalue weighted by Crippen LogP contribution is -2.28. The molecule has 0 aliphatic carbocycles. The van der Waals surface area contributed by atoms with E-state index in [4.69, 9.17) is 16.3 Å². The Hall–Kier alpha value is -1.78. The first-order valence-electron chi connectivity index (χ1n) is 7.89. The standard InChI is InChI=1S/C16H15BrClN5O3/c17-9-3-1-2-8(4-9)5-19-13-11-14(22-16(18)21-13)23(7-20-11)15-12(25)10(24)6-26-15/h1-4,7,10,12,15,24-25H,5-6H2,(H,19,21,22)/t10-,12?,15+/m0/s1. The lowest BCUT2D eigenvalue weighted by Gasteiger charge is -2.16. The van der Waals surface area contributed by atoms with Crippen LogP contribution >= 0.6 is 27.5 Å². The number of anilines is 1. The molecule has 0 spiro atoms. The molecule has 4 rings (SSSR count). The van der Waals surface area contributed by atoms with E-state index in [1.54, 1.807) is 4.57 Å². The number of hydrogen-bond acceptors (Lipinski definition) is 7. The van der Waals surface area contributed by atoms with Crippen molar-refractivity contribution in [3.8, 4) is 0 Å². The molecule has 2 aromatic heterocycles. The van der Waals surface area contributed by atoms with Gasteiger partial charge in [0.2, 0.25) is 5.28 Å².